The first-order valence-electron chi connectivity index (χ1n) is 6.33. The lowest BCUT2D eigenvalue weighted by Crippen LogP contribution is -2.38. The van der Waals surface area contributed by atoms with Crippen molar-refractivity contribution in [2.75, 3.05) is 14.2 Å². The monoisotopic (exact) mass is 352 g/mol. The van der Waals surface area contributed by atoms with Crippen LogP contribution in [0.1, 0.15) is 0 Å². The van der Waals surface area contributed by atoms with Gasteiger partial charge in [-0.25, -0.2) is 22.0 Å². The third-order valence-electron chi connectivity index (χ3n) is 3.30. The molecule has 0 fully saturated rings. The second kappa shape index (κ2) is 6.62. The van der Waals surface area contributed by atoms with Gasteiger partial charge in [0.1, 0.15) is 5.82 Å². The van der Waals surface area contributed by atoms with E-state index in [2.05, 4.69) is 9.47 Å². The standard InChI is InChI=1S/C14H8BF7O2/c1-23-13-5(17)3-4(16)6(10(13)20)15-7-8(18)11(21)14(24-2)12(22)9(7)19/h3,15H,1-2H3. The van der Waals surface area contributed by atoms with Gasteiger partial charge in [-0.15, -0.1) is 0 Å². The van der Waals surface area contributed by atoms with E-state index in [4.69, 9.17) is 0 Å². The number of rotatable bonds is 4. The molecule has 0 saturated heterocycles. The Labute approximate surface area is 132 Å². The van der Waals surface area contributed by atoms with Crippen LogP contribution in [0.3, 0.4) is 0 Å². The minimum atomic E-state index is -1.88. The maximum atomic E-state index is 14.0. The summed E-state index contributed by atoms with van der Waals surface area (Å²) in [4.78, 5) is 0. The second-order valence-electron chi connectivity index (χ2n) is 4.61. The smallest absolute Gasteiger partial charge is 0.208 e. The van der Waals surface area contributed by atoms with Gasteiger partial charge in [-0.1, -0.05) is 0 Å². The zero-order chi connectivity index (χ0) is 18.2. The Kier molecular flexibility index (Phi) is 4.95. The topological polar surface area (TPSA) is 18.5 Å². The van der Waals surface area contributed by atoms with Crippen LogP contribution < -0.4 is 20.4 Å². The summed E-state index contributed by atoms with van der Waals surface area (Å²) >= 11 is 0. The average molecular weight is 352 g/mol. The molecular weight excluding hydrogens is 344 g/mol. The number of halogens is 7. The predicted molar refractivity (Wildman–Crippen MR) is 72.1 cm³/mol. The molecule has 0 unspecified atom stereocenters. The summed E-state index contributed by atoms with van der Waals surface area (Å²) in [6.45, 7) is 0. The average Bonchev–Trinajstić information content (AvgIpc) is 2.53. The van der Waals surface area contributed by atoms with Gasteiger partial charge in [-0.2, -0.15) is 8.78 Å². The van der Waals surface area contributed by atoms with E-state index in [9.17, 15) is 30.7 Å². The highest BCUT2D eigenvalue weighted by Crippen LogP contribution is 2.25. The lowest BCUT2D eigenvalue weighted by molar-refractivity contribution is 0.335. The Morgan fingerprint density at radius 2 is 1.12 bits per heavy atom. The number of hydrogen-bond acceptors (Lipinski definition) is 2. The first-order chi connectivity index (χ1) is 11.2. The minimum absolute atomic E-state index is 0.225. The van der Waals surface area contributed by atoms with E-state index >= 15 is 0 Å². The summed E-state index contributed by atoms with van der Waals surface area (Å²) < 4.78 is 105. The molecule has 128 valence electrons. The third kappa shape index (κ3) is 2.76. The van der Waals surface area contributed by atoms with E-state index in [0.29, 0.717) is 0 Å². The summed E-state index contributed by atoms with van der Waals surface area (Å²) in [5.41, 5.74) is -2.30. The molecule has 0 aliphatic heterocycles. The van der Waals surface area contributed by atoms with Crippen LogP contribution in [0, 0.1) is 40.7 Å². The van der Waals surface area contributed by atoms with Crippen LogP contribution in [0.25, 0.3) is 0 Å². The van der Waals surface area contributed by atoms with E-state index in [1.807, 2.05) is 0 Å². The number of ether oxygens (including phenoxy) is 2. The Morgan fingerprint density at radius 1 is 0.625 bits per heavy atom. The van der Waals surface area contributed by atoms with Crippen molar-refractivity contribution in [1.82, 2.24) is 0 Å². The molecular formula is C14H8BF7O2. The van der Waals surface area contributed by atoms with Crippen LogP contribution in [0.4, 0.5) is 30.7 Å². The van der Waals surface area contributed by atoms with E-state index in [0.717, 1.165) is 14.2 Å². The highest BCUT2D eigenvalue weighted by atomic mass is 19.2. The van der Waals surface area contributed by atoms with Crippen molar-refractivity contribution in [3.63, 3.8) is 0 Å². The molecule has 0 heterocycles. The quantitative estimate of drug-likeness (QED) is 0.477. The van der Waals surface area contributed by atoms with Crippen molar-refractivity contribution >= 4 is 18.2 Å². The lowest BCUT2D eigenvalue weighted by atomic mass is 9.62. The molecule has 0 saturated carbocycles. The lowest BCUT2D eigenvalue weighted by Gasteiger charge is -2.13. The van der Waals surface area contributed by atoms with Crippen molar-refractivity contribution < 1.29 is 40.2 Å². The van der Waals surface area contributed by atoms with Crippen molar-refractivity contribution in [3.05, 3.63) is 46.8 Å². The van der Waals surface area contributed by atoms with E-state index in [-0.39, 0.29) is 6.07 Å². The normalized spacial score (nSPS) is 10.7. The Morgan fingerprint density at radius 3 is 1.58 bits per heavy atom. The zero-order valence-electron chi connectivity index (χ0n) is 12.2. The van der Waals surface area contributed by atoms with Gasteiger partial charge in [-0.3, -0.25) is 0 Å². The molecule has 2 rings (SSSR count). The van der Waals surface area contributed by atoms with Crippen molar-refractivity contribution in [1.29, 1.82) is 0 Å². The molecule has 0 bridgehead atoms. The molecule has 0 aromatic heterocycles. The van der Waals surface area contributed by atoms with Crippen LogP contribution >= 0.6 is 0 Å². The largest absolute Gasteiger partial charge is 0.491 e. The van der Waals surface area contributed by atoms with Crippen molar-refractivity contribution in [2.24, 2.45) is 0 Å². The summed E-state index contributed by atoms with van der Waals surface area (Å²) in [6, 6.07) is 0.225. The highest BCUT2D eigenvalue weighted by molar-refractivity contribution is 6.67. The van der Waals surface area contributed by atoms with Crippen LogP contribution in [0.2, 0.25) is 0 Å². The SMILES string of the molecule is COc1c(F)cc(F)c(Bc2c(F)c(F)c(OC)c(F)c2F)c1F. The molecule has 0 amide bonds. The molecule has 0 N–H and O–H groups in total. The zero-order valence-corrected chi connectivity index (χ0v) is 12.2. The van der Waals surface area contributed by atoms with Gasteiger partial charge < -0.3 is 9.47 Å². The van der Waals surface area contributed by atoms with Gasteiger partial charge in [0.15, 0.2) is 34.8 Å². The number of methoxy groups -OCH3 is 2. The van der Waals surface area contributed by atoms with Gasteiger partial charge >= 0.3 is 0 Å². The van der Waals surface area contributed by atoms with E-state index < -0.39 is 70.4 Å². The molecule has 2 nitrogen and oxygen atoms in total. The van der Waals surface area contributed by atoms with E-state index in [1.165, 1.54) is 0 Å². The Hall–Kier alpha value is -2.39. The fourth-order valence-electron chi connectivity index (χ4n) is 2.13. The summed E-state index contributed by atoms with van der Waals surface area (Å²) in [7, 11) is 0.449. The van der Waals surface area contributed by atoms with Crippen LogP contribution in [0.15, 0.2) is 6.07 Å². The van der Waals surface area contributed by atoms with Crippen LogP contribution in [-0.2, 0) is 0 Å². The molecule has 0 aliphatic carbocycles. The molecule has 2 aromatic rings. The maximum absolute atomic E-state index is 14.0. The highest BCUT2D eigenvalue weighted by Gasteiger charge is 2.29. The molecule has 2 aromatic carbocycles. The summed E-state index contributed by atoms with van der Waals surface area (Å²) in [5, 5.41) is 0. The molecule has 0 atom stereocenters. The second-order valence-corrected chi connectivity index (χ2v) is 4.61. The van der Waals surface area contributed by atoms with E-state index in [1.54, 1.807) is 0 Å². The molecule has 10 heteroatoms. The fraction of sp³-hybridized carbons (Fsp3) is 0.143. The fourth-order valence-corrected chi connectivity index (χ4v) is 2.13. The van der Waals surface area contributed by atoms with Crippen molar-refractivity contribution in [2.45, 2.75) is 0 Å². The van der Waals surface area contributed by atoms with Gasteiger partial charge in [-0.05, 0) is 10.9 Å². The van der Waals surface area contributed by atoms with Gasteiger partial charge in [0.25, 0.3) is 0 Å². The predicted octanol–water partition coefficient (Wildman–Crippen LogP) is 2.06. The first kappa shape index (κ1) is 18.0. The van der Waals surface area contributed by atoms with Crippen LogP contribution in [-0.4, -0.2) is 21.5 Å². The summed E-state index contributed by atoms with van der Waals surface area (Å²) in [5.74, 6) is -14.3. The van der Waals surface area contributed by atoms with Crippen molar-refractivity contribution in [3.8, 4) is 11.5 Å². The molecule has 0 aliphatic rings. The third-order valence-corrected chi connectivity index (χ3v) is 3.30. The Bertz CT molecular complexity index is 782. The molecule has 24 heavy (non-hydrogen) atoms. The molecule has 0 radical (unpaired) electrons. The Balaban J connectivity index is 2.66. The maximum Gasteiger partial charge on any atom is 0.208 e. The van der Waals surface area contributed by atoms with Gasteiger partial charge in [0.2, 0.25) is 18.9 Å². The van der Waals surface area contributed by atoms with Crippen LogP contribution in [0.5, 0.6) is 11.5 Å². The summed E-state index contributed by atoms with van der Waals surface area (Å²) in [6.07, 6.45) is 0. The number of benzene rings is 2. The minimum Gasteiger partial charge on any atom is -0.491 e. The van der Waals surface area contributed by atoms with Gasteiger partial charge in [0, 0.05) is 6.07 Å². The molecule has 0 spiro atoms. The number of hydrogen-bond donors (Lipinski definition) is 0. The van der Waals surface area contributed by atoms with Gasteiger partial charge in [0.05, 0.1) is 14.2 Å². The first-order valence-corrected chi connectivity index (χ1v) is 6.33.